The minimum Gasteiger partial charge on any atom is -0.338 e. The highest BCUT2D eigenvalue weighted by Crippen LogP contribution is 2.17. The summed E-state index contributed by atoms with van der Waals surface area (Å²) in [6.07, 6.45) is 1.61. The topological polar surface area (TPSA) is 58.1 Å². The van der Waals surface area contributed by atoms with Crippen LogP contribution in [0.3, 0.4) is 0 Å². The van der Waals surface area contributed by atoms with Crippen molar-refractivity contribution in [2.24, 2.45) is 0 Å². The number of anilines is 2. The Labute approximate surface area is 131 Å². The molecule has 0 spiro atoms. The molecule has 0 saturated carbocycles. The Morgan fingerprint density at radius 3 is 2.36 bits per heavy atom. The first-order valence-electron chi connectivity index (χ1n) is 7.51. The van der Waals surface area contributed by atoms with E-state index in [-0.39, 0.29) is 5.91 Å². The fourth-order valence-corrected chi connectivity index (χ4v) is 2.39. The molecule has 0 aliphatic heterocycles. The van der Waals surface area contributed by atoms with Gasteiger partial charge in [0.1, 0.15) is 5.69 Å². The minimum absolute atomic E-state index is 0.0733. The number of nitrogens with zero attached hydrogens (tertiary/aromatic N) is 3. The summed E-state index contributed by atoms with van der Waals surface area (Å²) < 4.78 is 0. The molecule has 5 nitrogen and oxygen atoms in total. The first-order chi connectivity index (χ1) is 10.5. The second kappa shape index (κ2) is 7.02. The second-order valence-corrected chi connectivity index (χ2v) is 5.24. The number of amides is 1. The van der Waals surface area contributed by atoms with Crippen molar-refractivity contribution in [3.8, 4) is 0 Å². The molecule has 0 fully saturated rings. The minimum atomic E-state index is -0.0733. The van der Waals surface area contributed by atoms with Crippen molar-refractivity contribution in [1.29, 1.82) is 0 Å². The molecule has 1 amide bonds. The number of hydrogen-bond acceptors (Lipinski definition) is 4. The number of carbonyl (C=O) groups excluding carboxylic acids is 1. The summed E-state index contributed by atoms with van der Waals surface area (Å²) in [4.78, 5) is 22.6. The number of hydrogen-bond donors (Lipinski definition) is 1. The van der Waals surface area contributed by atoms with Crippen LogP contribution in [0.1, 0.15) is 35.5 Å². The smallest absolute Gasteiger partial charge is 0.272 e. The predicted molar refractivity (Wildman–Crippen MR) is 88.5 cm³/mol. The van der Waals surface area contributed by atoms with Gasteiger partial charge in [0.25, 0.3) is 5.91 Å². The molecule has 0 aliphatic rings. The van der Waals surface area contributed by atoms with E-state index in [9.17, 15) is 4.79 Å². The lowest BCUT2D eigenvalue weighted by Gasteiger charge is -2.18. The molecule has 22 heavy (non-hydrogen) atoms. The third-order valence-corrected chi connectivity index (χ3v) is 3.40. The summed E-state index contributed by atoms with van der Waals surface area (Å²) in [7, 11) is 0. The van der Waals surface area contributed by atoms with Crippen molar-refractivity contribution in [2.75, 3.05) is 18.4 Å². The van der Waals surface area contributed by atoms with Crippen LogP contribution < -0.4 is 5.32 Å². The molecule has 0 aliphatic carbocycles. The van der Waals surface area contributed by atoms with Crippen LogP contribution in [0.15, 0.2) is 30.5 Å². The number of nitrogens with one attached hydrogen (secondary N) is 1. The summed E-state index contributed by atoms with van der Waals surface area (Å²) in [5, 5.41) is 3.16. The van der Waals surface area contributed by atoms with Gasteiger partial charge in [-0.1, -0.05) is 6.07 Å². The maximum atomic E-state index is 12.3. The van der Waals surface area contributed by atoms with Crippen molar-refractivity contribution in [3.63, 3.8) is 0 Å². The largest absolute Gasteiger partial charge is 0.338 e. The molecule has 0 atom stereocenters. The standard InChI is InChI=1S/C17H22N4O/c1-5-21(6-2)16(22)15-7-8-18-17(20-15)19-14-10-12(3)9-13(4)11-14/h7-11H,5-6H2,1-4H3,(H,18,19,20). The van der Waals surface area contributed by atoms with Crippen LogP contribution in [0.25, 0.3) is 0 Å². The zero-order chi connectivity index (χ0) is 16.1. The Balaban J connectivity index is 2.23. The van der Waals surface area contributed by atoms with Crippen molar-refractivity contribution in [3.05, 3.63) is 47.3 Å². The van der Waals surface area contributed by atoms with Crippen LogP contribution in [-0.2, 0) is 0 Å². The van der Waals surface area contributed by atoms with E-state index in [1.807, 2.05) is 39.8 Å². The van der Waals surface area contributed by atoms with Crippen molar-refractivity contribution in [2.45, 2.75) is 27.7 Å². The van der Waals surface area contributed by atoms with E-state index < -0.39 is 0 Å². The number of aryl methyl sites for hydroxylation is 2. The van der Waals surface area contributed by atoms with Gasteiger partial charge in [0.15, 0.2) is 0 Å². The molecule has 1 aromatic heterocycles. The van der Waals surface area contributed by atoms with E-state index in [0.717, 1.165) is 16.8 Å². The fraction of sp³-hybridized carbons (Fsp3) is 0.353. The van der Waals surface area contributed by atoms with Crippen LogP contribution in [-0.4, -0.2) is 33.9 Å². The summed E-state index contributed by atoms with van der Waals surface area (Å²) in [6.45, 7) is 9.33. The third-order valence-electron chi connectivity index (χ3n) is 3.40. The molecule has 2 aromatic rings. The number of aromatic nitrogens is 2. The van der Waals surface area contributed by atoms with Gasteiger partial charge in [0.05, 0.1) is 0 Å². The van der Waals surface area contributed by atoms with Gasteiger partial charge in [-0.25, -0.2) is 9.97 Å². The highest BCUT2D eigenvalue weighted by Gasteiger charge is 2.14. The van der Waals surface area contributed by atoms with E-state index in [1.54, 1.807) is 17.2 Å². The highest BCUT2D eigenvalue weighted by atomic mass is 16.2. The van der Waals surface area contributed by atoms with Gasteiger partial charge >= 0.3 is 0 Å². The molecule has 1 heterocycles. The maximum absolute atomic E-state index is 12.3. The molecule has 1 N–H and O–H groups in total. The molecule has 116 valence electrons. The van der Waals surface area contributed by atoms with Crippen LogP contribution in [0.2, 0.25) is 0 Å². The van der Waals surface area contributed by atoms with Gasteiger partial charge in [0.2, 0.25) is 5.95 Å². The quantitative estimate of drug-likeness (QED) is 0.920. The van der Waals surface area contributed by atoms with Crippen LogP contribution in [0.5, 0.6) is 0 Å². The molecule has 1 aromatic carbocycles. The monoisotopic (exact) mass is 298 g/mol. The predicted octanol–water partition coefficient (Wildman–Crippen LogP) is 3.32. The van der Waals surface area contributed by atoms with Gasteiger partial charge in [0, 0.05) is 25.0 Å². The lowest BCUT2D eigenvalue weighted by atomic mass is 10.1. The van der Waals surface area contributed by atoms with Gasteiger partial charge in [-0.3, -0.25) is 4.79 Å². The Kier molecular flexibility index (Phi) is 5.09. The van der Waals surface area contributed by atoms with Crippen molar-refractivity contribution >= 4 is 17.5 Å². The second-order valence-electron chi connectivity index (χ2n) is 5.24. The Hall–Kier alpha value is -2.43. The molecule has 0 unspecified atom stereocenters. The zero-order valence-corrected chi connectivity index (χ0v) is 13.6. The van der Waals surface area contributed by atoms with E-state index in [1.165, 1.54) is 0 Å². The molecule has 0 radical (unpaired) electrons. The van der Waals surface area contributed by atoms with E-state index in [4.69, 9.17) is 0 Å². The Bertz CT molecular complexity index is 645. The molecular formula is C17H22N4O. The normalized spacial score (nSPS) is 10.4. The van der Waals surface area contributed by atoms with E-state index >= 15 is 0 Å². The Morgan fingerprint density at radius 2 is 1.77 bits per heavy atom. The lowest BCUT2D eigenvalue weighted by Crippen LogP contribution is -2.31. The molecule has 2 rings (SSSR count). The lowest BCUT2D eigenvalue weighted by molar-refractivity contribution is 0.0767. The number of benzene rings is 1. The molecule has 0 bridgehead atoms. The summed E-state index contributed by atoms with van der Waals surface area (Å²) >= 11 is 0. The van der Waals surface area contributed by atoms with E-state index in [2.05, 4.69) is 21.4 Å². The number of rotatable bonds is 5. The summed E-state index contributed by atoms with van der Waals surface area (Å²) in [6, 6.07) is 7.80. The molecule has 5 heteroatoms. The van der Waals surface area contributed by atoms with Crippen LogP contribution in [0.4, 0.5) is 11.6 Å². The molecular weight excluding hydrogens is 276 g/mol. The first kappa shape index (κ1) is 15.9. The summed E-state index contributed by atoms with van der Waals surface area (Å²) in [5.41, 5.74) is 3.66. The average molecular weight is 298 g/mol. The van der Waals surface area contributed by atoms with Crippen LogP contribution >= 0.6 is 0 Å². The van der Waals surface area contributed by atoms with E-state index in [0.29, 0.717) is 24.7 Å². The highest BCUT2D eigenvalue weighted by molar-refractivity contribution is 5.92. The van der Waals surface area contributed by atoms with Crippen molar-refractivity contribution < 1.29 is 4.79 Å². The average Bonchev–Trinajstić information content (AvgIpc) is 2.47. The van der Waals surface area contributed by atoms with Crippen molar-refractivity contribution in [1.82, 2.24) is 14.9 Å². The van der Waals surface area contributed by atoms with Gasteiger partial charge in [-0.2, -0.15) is 0 Å². The SMILES string of the molecule is CCN(CC)C(=O)c1ccnc(Nc2cc(C)cc(C)c2)n1. The summed E-state index contributed by atoms with van der Waals surface area (Å²) in [5.74, 6) is 0.360. The van der Waals surface area contributed by atoms with Gasteiger partial charge < -0.3 is 10.2 Å². The third kappa shape index (κ3) is 3.81. The zero-order valence-electron chi connectivity index (χ0n) is 13.6. The van der Waals surface area contributed by atoms with Gasteiger partial charge in [-0.05, 0) is 57.0 Å². The Morgan fingerprint density at radius 1 is 1.14 bits per heavy atom. The first-order valence-corrected chi connectivity index (χ1v) is 7.51. The van der Waals surface area contributed by atoms with Gasteiger partial charge in [-0.15, -0.1) is 0 Å². The maximum Gasteiger partial charge on any atom is 0.272 e. The number of carbonyl (C=O) groups is 1. The van der Waals surface area contributed by atoms with Crippen LogP contribution in [0, 0.1) is 13.8 Å². The molecule has 0 saturated heterocycles. The fourth-order valence-electron chi connectivity index (χ4n) is 2.39.